The second kappa shape index (κ2) is 9.23. The van der Waals surface area contributed by atoms with Crippen LogP contribution in [0.3, 0.4) is 0 Å². The van der Waals surface area contributed by atoms with Gasteiger partial charge in [0.15, 0.2) is 11.5 Å². The van der Waals surface area contributed by atoms with Gasteiger partial charge in [-0.2, -0.15) is 5.10 Å². The molecular weight excluding hydrogens is 374 g/mol. The maximum Gasteiger partial charge on any atom is 0.273 e. The maximum atomic E-state index is 12.6. The average Bonchev–Trinajstić information content (AvgIpc) is 3.27. The van der Waals surface area contributed by atoms with Gasteiger partial charge in [-0.3, -0.25) is 9.59 Å². The SMILES string of the molecule is COc1ccc(C(=O)Nc2ccccc2C(=O)N/N=C/c2ccco2)cc1OC. The lowest BCUT2D eigenvalue weighted by atomic mass is 10.1. The van der Waals surface area contributed by atoms with E-state index >= 15 is 0 Å². The fourth-order valence-corrected chi connectivity index (χ4v) is 2.54. The van der Waals surface area contributed by atoms with Crippen LogP contribution >= 0.6 is 0 Å². The average molecular weight is 393 g/mol. The van der Waals surface area contributed by atoms with Crippen molar-refractivity contribution in [1.29, 1.82) is 0 Å². The molecule has 0 fully saturated rings. The molecule has 0 bridgehead atoms. The number of nitrogens with one attached hydrogen (secondary N) is 2. The van der Waals surface area contributed by atoms with Crippen LogP contribution in [-0.4, -0.2) is 32.2 Å². The Labute approximate surface area is 167 Å². The predicted octanol–water partition coefficient (Wildman–Crippen LogP) is 3.31. The standard InChI is InChI=1S/C21H19N3O5/c1-27-18-10-9-14(12-19(18)28-2)20(25)23-17-8-4-3-7-16(17)21(26)24-22-13-15-6-5-11-29-15/h3-13H,1-2H3,(H,23,25)(H,24,26)/b22-13+. The summed E-state index contributed by atoms with van der Waals surface area (Å²) in [6, 6.07) is 14.8. The Bertz CT molecular complexity index is 1030. The van der Waals surface area contributed by atoms with Gasteiger partial charge in [0.25, 0.3) is 11.8 Å². The zero-order valence-corrected chi connectivity index (χ0v) is 15.8. The summed E-state index contributed by atoms with van der Waals surface area (Å²) in [5, 5.41) is 6.58. The Kier molecular flexibility index (Phi) is 6.26. The first-order valence-corrected chi connectivity index (χ1v) is 8.61. The van der Waals surface area contributed by atoms with Crippen LogP contribution in [0.25, 0.3) is 0 Å². The van der Waals surface area contributed by atoms with Gasteiger partial charge in [-0.05, 0) is 42.5 Å². The molecule has 1 aromatic heterocycles. The summed E-state index contributed by atoms with van der Waals surface area (Å²) in [5.41, 5.74) is 3.37. The van der Waals surface area contributed by atoms with Crippen LogP contribution in [0, 0.1) is 0 Å². The molecule has 148 valence electrons. The number of methoxy groups -OCH3 is 2. The molecule has 0 atom stereocenters. The van der Waals surface area contributed by atoms with Crippen molar-refractivity contribution in [3.8, 4) is 11.5 Å². The highest BCUT2D eigenvalue weighted by Gasteiger charge is 2.15. The summed E-state index contributed by atoms with van der Waals surface area (Å²) >= 11 is 0. The molecule has 0 spiro atoms. The van der Waals surface area contributed by atoms with Crippen molar-refractivity contribution in [2.45, 2.75) is 0 Å². The van der Waals surface area contributed by atoms with Crippen molar-refractivity contribution < 1.29 is 23.5 Å². The molecule has 0 saturated heterocycles. The minimum Gasteiger partial charge on any atom is -0.493 e. The first-order valence-electron chi connectivity index (χ1n) is 8.61. The number of hydrazone groups is 1. The number of carbonyl (C=O) groups excluding carboxylic acids is 2. The normalized spacial score (nSPS) is 10.6. The number of anilines is 1. The van der Waals surface area contributed by atoms with Crippen LogP contribution in [0.5, 0.6) is 11.5 Å². The highest BCUT2D eigenvalue weighted by Crippen LogP contribution is 2.28. The molecule has 3 rings (SSSR count). The number of amides is 2. The zero-order valence-electron chi connectivity index (χ0n) is 15.8. The van der Waals surface area contributed by atoms with Gasteiger partial charge in [0.1, 0.15) is 5.76 Å². The summed E-state index contributed by atoms with van der Waals surface area (Å²) in [7, 11) is 3.00. The minimum absolute atomic E-state index is 0.262. The smallest absolute Gasteiger partial charge is 0.273 e. The van der Waals surface area contributed by atoms with E-state index in [1.165, 1.54) is 26.7 Å². The number of benzene rings is 2. The number of rotatable bonds is 7. The zero-order chi connectivity index (χ0) is 20.6. The van der Waals surface area contributed by atoms with E-state index in [9.17, 15) is 9.59 Å². The van der Waals surface area contributed by atoms with Gasteiger partial charge >= 0.3 is 0 Å². The Morgan fingerprint density at radius 2 is 1.76 bits per heavy atom. The van der Waals surface area contributed by atoms with Crippen molar-refractivity contribution in [2.75, 3.05) is 19.5 Å². The van der Waals surface area contributed by atoms with E-state index in [1.54, 1.807) is 54.6 Å². The minimum atomic E-state index is -0.476. The molecule has 0 aliphatic heterocycles. The monoisotopic (exact) mass is 393 g/mol. The number of carbonyl (C=O) groups is 2. The molecular formula is C21H19N3O5. The first-order chi connectivity index (χ1) is 14.1. The fraction of sp³-hybridized carbons (Fsp3) is 0.0952. The number of hydrogen-bond acceptors (Lipinski definition) is 6. The number of ether oxygens (including phenoxy) is 2. The molecule has 0 unspecified atom stereocenters. The van der Waals surface area contributed by atoms with Crippen LogP contribution < -0.4 is 20.2 Å². The van der Waals surface area contributed by atoms with E-state index in [0.717, 1.165) is 0 Å². The lowest BCUT2D eigenvalue weighted by Crippen LogP contribution is -2.21. The van der Waals surface area contributed by atoms with Crippen LogP contribution in [0.2, 0.25) is 0 Å². The molecule has 8 nitrogen and oxygen atoms in total. The molecule has 0 saturated carbocycles. The van der Waals surface area contributed by atoms with Gasteiger partial charge in [0, 0.05) is 5.56 Å². The van der Waals surface area contributed by atoms with E-state index in [2.05, 4.69) is 15.8 Å². The van der Waals surface area contributed by atoms with Crippen LogP contribution in [-0.2, 0) is 0 Å². The predicted molar refractivity (Wildman–Crippen MR) is 108 cm³/mol. The summed E-state index contributed by atoms with van der Waals surface area (Å²) < 4.78 is 15.5. The molecule has 2 N–H and O–H groups in total. The topological polar surface area (TPSA) is 102 Å². The fourth-order valence-electron chi connectivity index (χ4n) is 2.54. The molecule has 0 aliphatic rings. The summed E-state index contributed by atoms with van der Waals surface area (Å²) in [6.07, 6.45) is 2.88. The highest BCUT2D eigenvalue weighted by atomic mass is 16.5. The molecule has 29 heavy (non-hydrogen) atoms. The number of para-hydroxylation sites is 1. The van der Waals surface area contributed by atoms with Crippen LogP contribution in [0.1, 0.15) is 26.5 Å². The third-order valence-corrected chi connectivity index (χ3v) is 3.97. The van der Waals surface area contributed by atoms with E-state index in [0.29, 0.717) is 28.5 Å². The van der Waals surface area contributed by atoms with Gasteiger partial charge < -0.3 is 19.2 Å². The van der Waals surface area contributed by atoms with Crippen molar-refractivity contribution in [3.63, 3.8) is 0 Å². The van der Waals surface area contributed by atoms with Gasteiger partial charge in [-0.25, -0.2) is 5.43 Å². The van der Waals surface area contributed by atoms with E-state index in [4.69, 9.17) is 13.9 Å². The number of hydrogen-bond donors (Lipinski definition) is 2. The summed E-state index contributed by atoms with van der Waals surface area (Å²) in [4.78, 5) is 25.1. The molecule has 3 aromatic rings. The molecule has 0 aliphatic carbocycles. The van der Waals surface area contributed by atoms with E-state index in [-0.39, 0.29) is 5.56 Å². The largest absolute Gasteiger partial charge is 0.493 e. The van der Waals surface area contributed by atoms with Crippen molar-refractivity contribution in [1.82, 2.24) is 5.43 Å². The van der Waals surface area contributed by atoms with Crippen molar-refractivity contribution in [3.05, 3.63) is 77.7 Å². The number of furan rings is 1. The molecule has 1 heterocycles. The van der Waals surface area contributed by atoms with E-state index in [1.807, 2.05) is 0 Å². The third kappa shape index (κ3) is 4.81. The molecule has 8 heteroatoms. The quantitative estimate of drug-likeness (QED) is 0.474. The van der Waals surface area contributed by atoms with Crippen molar-refractivity contribution >= 4 is 23.7 Å². The van der Waals surface area contributed by atoms with Crippen LogP contribution in [0.15, 0.2) is 70.4 Å². The molecule has 2 aromatic carbocycles. The lowest BCUT2D eigenvalue weighted by molar-refractivity contribution is 0.0956. The molecule has 2 amide bonds. The Balaban J connectivity index is 1.74. The van der Waals surface area contributed by atoms with Crippen molar-refractivity contribution in [2.24, 2.45) is 5.10 Å². The van der Waals surface area contributed by atoms with Gasteiger partial charge in [-0.1, -0.05) is 12.1 Å². The van der Waals surface area contributed by atoms with Crippen LogP contribution in [0.4, 0.5) is 5.69 Å². The van der Waals surface area contributed by atoms with Gasteiger partial charge in [0.2, 0.25) is 0 Å². The second-order valence-corrected chi connectivity index (χ2v) is 5.78. The third-order valence-electron chi connectivity index (χ3n) is 3.97. The Morgan fingerprint density at radius 3 is 2.48 bits per heavy atom. The maximum absolute atomic E-state index is 12.6. The molecule has 0 radical (unpaired) electrons. The lowest BCUT2D eigenvalue weighted by Gasteiger charge is -2.12. The van der Waals surface area contributed by atoms with E-state index < -0.39 is 11.8 Å². The van der Waals surface area contributed by atoms with Gasteiger partial charge in [-0.15, -0.1) is 0 Å². The first kappa shape index (κ1) is 19.7. The Hall–Kier alpha value is -4.07. The number of nitrogens with zero attached hydrogens (tertiary/aromatic N) is 1. The Morgan fingerprint density at radius 1 is 0.966 bits per heavy atom. The van der Waals surface area contributed by atoms with Gasteiger partial charge in [0.05, 0.1) is 37.9 Å². The second-order valence-electron chi connectivity index (χ2n) is 5.78. The highest BCUT2D eigenvalue weighted by molar-refractivity contribution is 6.09. The summed E-state index contributed by atoms with van der Waals surface area (Å²) in [5.74, 6) is 0.568. The summed E-state index contributed by atoms with van der Waals surface area (Å²) in [6.45, 7) is 0.